The van der Waals surface area contributed by atoms with Crippen LogP contribution in [0.1, 0.15) is 35.3 Å². The number of methoxy groups -OCH3 is 2. The molecule has 530 valence electrons. The molecule has 96 heavy (non-hydrogen) atoms. The summed E-state index contributed by atoms with van der Waals surface area (Å²) < 4.78 is 94.5. The highest BCUT2D eigenvalue weighted by atomic mass is 16.8. The van der Waals surface area contributed by atoms with Crippen LogP contribution in [0.2, 0.25) is 0 Å². The third kappa shape index (κ3) is 17.4. The minimum Gasteiger partial charge on any atom is -0.504 e. The first-order valence-corrected chi connectivity index (χ1v) is 29.6. The molecule has 14 N–H and O–H groups in total. The lowest BCUT2D eigenvalue weighted by Crippen LogP contribution is -2.70. The highest BCUT2D eigenvalue weighted by molar-refractivity contribution is 5.90. The van der Waals surface area contributed by atoms with Crippen LogP contribution in [-0.4, -0.2) is 302 Å². The van der Waals surface area contributed by atoms with Crippen LogP contribution in [0.15, 0.2) is 78.9 Å². The first kappa shape index (κ1) is 74.6. The van der Waals surface area contributed by atoms with E-state index >= 15 is 0 Å². The van der Waals surface area contributed by atoms with E-state index in [1.54, 1.807) is 6.07 Å². The van der Waals surface area contributed by atoms with Crippen molar-refractivity contribution >= 4 is 42.0 Å². The van der Waals surface area contributed by atoms with E-state index in [0.717, 1.165) is 32.1 Å². The smallest absolute Gasteiger partial charge is 0.338 e. The van der Waals surface area contributed by atoms with Gasteiger partial charge in [0.05, 0.1) is 46.2 Å². The quantitative estimate of drug-likeness (QED) is 0.0203. The Bertz CT molecular complexity index is 3150. The average Bonchev–Trinajstić information content (AvgIpc) is 1.43. The highest BCUT2D eigenvalue weighted by Gasteiger charge is 2.64. The number of aromatic hydroxyl groups is 2. The third-order valence-corrected chi connectivity index (χ3v) is 15.8. The van der Waals surface area contributed by atoms with Gasteiger partial charge in [-0.3, -0.25) is 9.59 Å². The summed E-state index contributed by atoms with van der Waals surface area (Å²) in [5, 5.41) is 154. The second kappa shape index (κ2) is 33.4. The van der Waals surface area contributed by atoms with Crippen LogP contribution in [0.4, 0.5) is 0 Å². The van der Waals surface area contributed by atoms with Crippen LogP contribution in [0.5, 0.6) is 23.0 Å². The van der Waals surface area contributed by atoms with Gasteiger partial charge in [0.25, 0.3) is 0 Å². The van der Waals surface area contributed by atoms with Gasteiger partial charge in [0.15, 0.2) is 66.5 Å². The Kier molecular flexibility index (Phi) is 26.0. The number of carbonyl (C=O) groups excluding carboxylic acids is 5. The lowest BCUT2D eigenvalue weighted by atomic mass is 9.95. The topological polar surface area (TPSA) is 516 Å². The first-order valence-electron chi connectivity index (χ1n) is 29.6. The van der Waals surface area contributed by atoms with Gasteiger partial charge in [-0.25, -0.2) is 14.4 Å². The number of aliphatic hydroxyl groups is 12. The summed E-state index contributed by atoms with van der Waals surface area (Å²) in [5.41, 5.74) is 0.317. The maximum Gasteiger partial charge on any atom is 0.338 e. The summed E-state index contributed by atoms with van der Waals surface area (Å²) in [6.07, 6.45) is -45.9. The summed E-state index contributed by atoms with van der Waals surface area (Å²) >= 11 is 0. The van der Waals surface area contributed by atoms with Crippen molar-refractivity contribution in [2.24, 2.45) is 0 Å². The Morgan fingerprint density at radius 3 is 1.49 bits per heavy atom. The van der Waals surface area contributed by atoms with E-state index in [1.165, 1.54) is 81.0 Å². The summed E-state index contributed by atoms with van der Waals surface area (Å²) in [5.74, 6) is -9.47. The van der Waals surface area contributed by atoms with Crippen LogP contribution < -0.4 is 9.47 Å². The first-order chi connectivity index (χ1) is 45.8. The molecule has 5 fully saturated rings. The van der Waals surface area contributed by atoms with Gasteiger partial charge in [-0.1, -0.05) is 30.3 Å². The second-order valence-corrected chi connectivity index (χ2v) is 22.3. The van der Waals surface area contributed by atoms with E-state index in [4.69, 9.17) is 75.8 Å². The van der Waals surface area contributed by atoms with E-state index in [2.05, 4.69) is 0 Å². The number of hydrogen-bond acceptors (Lipinski definition) is 35. The van der Waals surface area contributed by atoms with Gasteiger partial charge in [0.2, 0.25) is 5.79 Å². The molecule has 35 nitrogen and oxygen atoms in total. The predicted octanol–water partition coefficient (Wildman–Crippen LogP) is -4.96. The van der Waals surface area contributed by atoms with Crippen LogP contribution in [0.25, 0.3) is 12.2 Å². The molecule has 0 unspecified atom stereocenters. The van der Waals surface area contributed by atoms with Crippen molar-refractivity contribution in [2.75, 3.05) is 53.9 Å². The average molecular weight is 1370 g/mol. The zero-order valence-electron chi connectivity index (χ0n) is 51.5. The molecule has 3 aromatic carbocycles. The van der Waals surface area contributed by atoms with Crippen molar-refractivity contribution in [2.45, 2.75) is 161 Å². The number of hydrogen-bond donors (Lipinski definition) is 14. The molecule has 5 saturated heterocycles. The van der Waals surface area contributed by atoms with Gasteiger partial charge in [-0.05, 0) is 59.7 Å². The molecule has 0 spiro atoms. The van der Waals surface area contributed by atoms with E-state index in [1.807, 2.05) is 0 Å². The molecule has 0 aromatic heterocycles. The Balaban J connectivity index is 1.30. The Morgan fingerprint density at radius 1 is 0.479 bits per heavy atom. The summed E-state index contributed by atoms with van der Waals surface area (Å²) in [6.45, 7) is -4.85. The number of aliphatic hydroxyl groups excluding tert-OH is 12. The van der Waals surface area contributed by atoms with Crippen molar-refractivity contribution in [3.63, 3.8) is 0 Å². The predicted molar refractivity (Wildman–Crippen MR) is 310 cm³/mol. The molecule has 24 atom stereocenters. The third-order valence-electron chi connectivity index (χ3n) is 15.8. The molecule has 5 aliphatic rings. The van der Waals surface area contributed by atoms with Crippen LogP contribution in [0, 0.1) is 0 Å². The molecule has 0 saturated carbocycles. The fourth-order valence-electron chi connectivity index (χ4n) is 10.9. The molecule has 8 rings (SSSR count). The van der Waals surface area contributed by atoms with Gasteiger partial charge < -0.3 is 147 Å². The molecule has 0 bridgehead atoms. The van der Waals surface area contributed by atoms with Crippen molar-refractivity contribution in [1.82, 2.24) is 0 Å². The largest absolute Gasteiger partial charge is 0.504 e. The number of carbonyl (C=O) groups is 5. The normalized spacial score (nSPS) is 35.4. The van der Waals surface area contributed by atoms with Crippen molar-refractivity contribution in [3.05, 3.63) is 95.6 Å². The van der Waals surface area contributed by atoms with Crippen molar-refractivity contribution < 1.29 is 171 Å². The maximum atomic E-state index is 14.4. The number of ether oxygens (including phenoxy) is 16. The maximum absolute atomic E-state index is 14.4. The zero-order chi connectivity index (χ0) is 69.9. The fourth-order valence-corrected chi connectivity index (χ4v) is 10.9. The number of phenolic OH excluding ortho intramolecular Hbond substituents is 2. The number of phenols is 2. The minimum absolute atomic E-state index is 0.00293. The van der Waals surface area contributed by atoms with Crippen LogP contribution >= 0.6 is 0 Å². The number of esters is 5. The van der Waals surface area contributed by atoms with E-state index < -0.39 is 216 Å². The lowest BCUT2D eigenvalue weighted by molar-refractivity contribution is -0.423. The van der Waals surface area contributed by atoms with Crippen molar-refractivity contribution in [1.29, 1.82) is 0 Å². The number of benzene rings is 3. The molecular formula is C61H76O35. The molecule has 35 heteroatoms. The molecule has 0 aliphatic carbocycles. The van der Waals surface area contributed by atoms with Gasteiger partial charge >= 0.3 is 29.8 Å². The highest BCUT2D eigenvalue weighted by Crippen LogP contribution is 2.43. The zero-order valence-corrected chi connectivity index (χ0v) is 51.5. The number of rotatable bonds is 26. The molecule has 0 radical (unpaired) electrons. The summed E-state index contributed by atoms with van der Waals surface area (Å²) in [7, 11) is 2.51. The Hall–Kier alpha value is -7.15. The van der Waals surface area contributed by atoms with Gasteiger partial charge in [0.1, 0.15) is 111 Å². The Labute approximate surface area is 545 Å². The SMILES string of the molecule is COc1cc(/C=C/C(=O)OC[C@@]2(O[C@H]3O[C@H](CO)[C@@H](OC(=O)/C=C/c4ccc(O)c(OC)c4)[C@H](O[C@@H]4O[C@H](COC(C)=O)[C@@H](OC(C)=O)[C@H](O[C@@H]5O[C@H](CO)[C@@H](O)[C@H](O)[C@H]5O)[C@H]4O)[C@H]3O[C@@H]3O[C@H](CO)[C@@H](O)[C@H](O)[C@H]3O)O[C@H](CO)[C@@H](O)[C@@H]2OC(=O)c2ccccc2)ccc1O. The van der Waals surface area contributed by atoms with Gasteiger partial charge in [-0.2, -0.15) is 0 Å². The fraction of sp³-hybridized carbons (Fsp3) is 0.557. The molecular weight excluding hydrogens is 1290 g/mol. The Morgan fingerprint density at radius 2 is 0.969 bits per heavy atom. The molecule has 3 aromatic rings. The van der Waals surface area contributed by atoms with Gasteiger partial charge in [-0.15, -0.1) is 0 Å². The molecule has 0 amide bonds. The van der Waals surface area contributed by atoms with E-state index in [-0.39, 0.29) is 39.7 Å². The monoisotopic (exact) mass is 1370 g/mol. The standard InChI is InChI=1S/C61H76O35/c1-26(66)83-24-39-51(85-27(2)67)52(91-57-47(77)45(75)42(72)35(20-62)86-57)49(79)59(89-39)92-53-50(90-41(71)17-13-29-11-15-32(69)34(19-29)82-4)38(23-65)88-60(54(53)93-58-48(78)46(76)43(73)36(21-63)87-58)96-61(25-84-40(70)16-12-28-10-14-31(68)33(18-28)81-3)55(44(74)37(22-64)95-61)94-56(80)30-8-6-5-7-9-30/h5-19,35-39,42-55,57-60,62-65,68-69,72-79H,20-25H2,1-4H3/b16-12+,17-13+/t35-,36-,37-,38-,39-,42-,43-,44-,45+,46+,47-,48-,49-,50-,51-,52-,53+,54-,55+,57+,58+,59+,60-,61+/m1/s1. The van der Waals surface area contributed by atoms with E-state index in [9.17, 15) is 95.5 Å². The summed E-state index contributed by atoms with van der Waals surface area (Å²) in [6, 6.07) is 14.9. The van der Waals surface area contributed by atoms with Crippen LogP contribution in [-0.2, 0) is 85.5 Å². The molecule has 5 aliphatic heterocycles. The van der Waals surface area contributed by atoms with Crippen LogP contribution in [0.3, 0.4) is 0 Å². The minimum atomic E-state index is -3.02. The van der Waals surface area contributed by atoms with E-state index in [0.29, 0.717) is 0 Å². The lowest BCUT2D eigenvalue weighted by Gasteiger charge is -2.51. The molecule has 5 heterocycles. The second-order valence-electron chi connectivity index (χ2n) is 22.3. The van der Waals surface area contributed by atoms with Crippen molar-refractivity contribution in [3.8, 4) is 23.0 Å². The summed E-state index contributed by atoms with van der Waals surface area (Å²) in [4.78, 5) is 67.8. The van der Waals surface area contributed by atoms with Gasteiger partial charge in [0, 0.05) is 26.0 Å².